The minimum atomic E-state index is 0.844. The molecule has 0 bridgehead atoms. The molecule has 1 saturated carbocycles. The van der Waals surface area contributed by atoms with E-state index in [1.807, 2.05) is 0 Å². The van der Waals surface area contributed by atoms with Gasteiger partial charge in [0.1, 0.15) is 0 Å². The first-order chi connectivity index (χ1) is 7.72. The molecule has 0 N–H and O–H groups in total. The van der Waals surface area contributed by atoms with Gasteiger partial charge in [0.25, 0.3) is 0 Å². The topological polar surface area (TPSA) is 3.24 Å². The van der Waals surface area contributed by atoms with Crippen LogP contribution in [0.1, 0.15) is 29.5 Å². The van der Waals surface area contributed by atoms with Crippen LogP contribution in [0.15, 0.2) is 18.2 Å². The maximum absolute atomic E-state index is 3.55. The van der Waals surface area contributed by atoms with Crippen molar-refractivity contribution < 1.29 is 0 Å². The zero-order valence-electron chi connectivity index (χ0n) is 10.2. The number of alkyl halides is 1. The Morgan fingerprint density at radius 3 is 2.38 bits per heavy atom. The zero-order valence-corrected chi connectivity index (χ0v) is 11.8. The number of nitrogens with zero attached hydrogens (tertiary/aromatic N) is 1. The van der Waals surface area contributed by atoms with Crippen LogP contribution in [0.2, 0.25) is 0 Å². The maximum Gasteiger partial charge on any atom is 0.0242 e. The molecule has 1 aliphatic rings. The Bertz CT molecular complexity index is 338. The largest absolute Gasteiger partial charge is 0.295 e. The Labute approximate surface area is 107 Å². The molecule has 0 radical (unpaired) electrons. The van der Waals surface area contributed by atoms with E-state index in [0.29, 0.717) is 0 Å². The highest BCUT2D eigenvalue weighted by molar-refractivity contribution is 9.09. The van der Waals surface area contributed by atoms with Gasteiger partial charge in [-0.1, -0.05) is 34.1 Å². The van der Waals surface area contributed by atoms with Gasteiger partial charge >= 0.3 is 0 Å². The molecule has 2 rings (SSSR count). The molecule has 1 fully saturated rings. The van der Waals surface area contributed by atoms with Crippen LogP contribution < -0.4 is 0 Å². The van der Waals surface area contributed by atoms with E-state index in [2.05, 4.69) is 52.9 Å². The summed E-state index contributed by atoms with van der Waals surface area (Å²) < 4.78 is 0. The molecule has 0 unspecified atom stereocenters. The summed E-state index contributed by atoms with van der Waals surface area (Å²) in [5, 5.41) is 1.08. The third-order valence-corrected chi connectivity index (χ3v) is 3.80. The summed E-state index contributed by atoms with van der Waals surface area (Å²) in [6, 6.07) is 7.44. The Balaban J connectivity index is 2.11. The van der Waals surface area contributed by atoms with Crippen molar-refractivity contribution in [2.24, 2.45) is 0 Å². The summed E-state index contributed by atoms with van der Waals surface area (Å²) in [6.07, 6.45) is 2.77. The van der Waals surface area contributed by atoms with Crippen molar-refractivity contribution >= 4 is 15.9 Å². The van der Waals surface area contributed by atoms with Gasteiger partial charge in [0.2, 0.25) is 0 Å². The molecular weight excluding hydrogens is 262 g/mol. The van der Waals surface area contributed by atoms with Crippen molar-refractivity contribution in [3.05, 3.63) is 34.9 Å². The molecule has 0 atom stereocenters. The third-order valence-electron chi connectivity index (χ3n) is 3.44. The Morgan fingerprint density at radius 1 is 1.25 bits per heavy atom. The number of rotatable bonds is 5. The number of benzene rings is 1. The predicted octanol–water partition coefficient (Wildman–Crippen LogP) is 3.66. The van der Waals surface area contributed by atoms with Crippen molar-refractivity contribution in [3.8, 4) is 0 Å². The van der Waals surface area contributed by atoms with Crippen LogP contribution in [0.5, 0.6) is 0 Å². The van der Waals surface area contributed by atoms with Gasteiger partial charge in [-0.3, -0.25) is 4.90 Å². The second-order valence-corrected chi connectivity index (χ2v) is 5.55. The van der Waals surface area contributed by atoms with Crippen LogP contribution in [-0.2, 0) is 6.54 Å². The highest BCUT2D eigenvalue weighted by Crippen LogP contribution is 2.29. The fourth-order valence-corrected chi connectivity index (χ4v) is 2.70. The molecule has 0 heterocycles. The van der Waals surface area contributed by atoms with E-state index in [0.717, 1.165) is 17.9 Å². The highest BCUT2D eigenvalue weighted by Gasteiger charge is 2.28. The van der Waals surface area contributed by atoms with Gasteiger partial charge in [0.15, 0.2) is 0 Å². The molecule has 0 spiro atoms. The highest BCUT2D eigenvalue weighted by atomic mass is 79.9. The van der Waals surface area contributed by atoms with E-state index in [-0.39, 0.29) is 0 Å². The molecule has 1 aromatic rings. The fraction of sp³-hybridized carbons (Fsp3) is 0.571. The van der Waals surface area contributed by atoms with Crippen molar-refractivity contribution in [2.75, 3.05) is 11.9 Å². The van der Waals surface area contributed by atoms with Crippen LogP contribution in [0.4, 0.5) is 0 Å². The summed E-state index contributed by atoms with van der Waals surface area (Å²) in [7, 11) is 0. The lowest BCUT2D eigenvalue weighted by Crippen LogP contribution is -2.28. The standard InChI is InChI=1S/C14H20BrN/c1-11-4-3-5-12(2)14(11)10-16(9-8-15)13-6-7-13/h3-5,13H,6-10H2,1-2H3. The number of halogens is 1. The quantitative estimate of drug-likeness (QED) is 0.745. The van der Waals surface area contributed by atoms with Gasteiger partial charge in [-0.25, -0.2) is 0 Å². The Kier molecular flexibility index (Phi) is 4.04. The molecule has 16 heavy (non-hydrogen) atoms. The maximum atomic E-state index is 3.55. The van der Waals surface area contributed by atoms with E-state index < -0.39 is 0 Å². The molecule has 88 valence electrons. The molecule has 0 aliphatic heterocycles. The van der Waals surface area contributed by atoms with Gasteiger partial charge in [0.05, 0.1) is 0 Å². The number of hydrogen-bond acceptors (Lipinski definition) is 1. The van der Waals surface area contributed by atoms with Crippen molar-refractivity contribution in [1.82, 2.24) is 4.90 Å². The van der Waals surface area contributed by atoms with E-state index in [4.69, 9.17) is 0 Å². The van der Waals surface area contributed by atoms with Crippen molar-refractivity contribution in [1.29, 1.82) is 0 Å². The first-order valence-corrected chi connectivity index (χ1v) is 7.19. The minimum Gasteiger partial charge on any atom is -0.295 e. The van der Waals surface area contributed by atoms with E-state index in [1.54, 1.807) is 0 Å². The zero-order chi connectivity index (χ0) is 11.5. The summed E-state index contributed by atoms with van der Waals surface area (Å²) in [4.78, 5) is 2.62. The molecule has 1 aromatic carbocycles. The monoisotopic (exact) mass is 281 g/mol. The number of aryl methyl sites for hydroxylation is 2. The van der Waals surface area contributed by atoms with Gasteiger partial charge in [-0.2, -0.15) is 0 Å². The Hall–Kier alpha value is -0.340. The summed E-state index contributed by atoms with van der Waals surface area (Å²) in [5.41, 5.74) is 4.38. The van der Waals surface area contributed by atoms with Crippen LogP contribution in [0.3, 0.4) is 0 Å². The SMILES string of the molecule is Cc1cccc(C)c1CN(CCBr)C1CC1. The van der Waals surface area contributed by atoms with Crippen LogP contribution in [0, 0.1) is 13.8 Å². The molecule has 0 saturated heterocycles. The average molecular weight is 282 g/mol. The molecule has 1 nitrogen and oxygen atoms in total. The van der Waals surface area contributed by atoms with Crippen molar-refractivity contribution in [3.63, 3.8) is 0 Å². The minimum absolute atomic E-state index is 0.844. The second kappa shape index (κ2) is 5.33. The van der Waals surface area contributed by atoms with E-state index in [1.165, 1.54) is 36.1 Å². The molecule has 0 amide bonds. The second-order valence-electron chi connectivity index (χ2n) is 4.76. The predicted molar refractivity (Wildman–Crippen MR) is 73.1 cm³/mol. The average Bonchev–Trinajstić information content (AvgIpc) is 3.06. The van der Waals surface area contributed by atoms with Crippen molar-refractivity contribution in [2.45, 2.75) is 39.3 Å². The first kappa shape index (κ1) is 12.1. The van der Waals surface area contributed by atoms with Crippen LogP contribution >= 0.6 is 15.9 Å². The van der Waals surface area contributed by atoms with Gasteiger partial charge in [-0.15, -0.1) is 0 Å². The molecule has 0 aromatic heterocycles. The fourth-order valence-electron chi connectivity index (χ4n) is 2.24. The molecule has 1 aliphatic carbocycles. The number of hydrogen-bond donors (Lipinski definition) is 0. The third kappa shape index (κ3) is 2.86. The Morgan fingerprint density at radius 2 is 1.88 bits per heavy atom. The first-order valence-electron chi connectivity index (χ1n) is 6.07. The lowest BCUT2D eigenvalue weighted by molar-refractivity contribution is 0.271. The molecular formula is C14H20BrN. The van der Waals surface area contributed by atoms with Gasteiger partial charge in [-0.05, 0) is 43.4 Å². The smallest absolute Gasteiger partial charge is 0.0242 e. The van der Waals surface area contributed by atoms with Crippen LogP contribution in [0.25, 0.3) is 0 Å². The summed E-state index contributed by atoms with van der Waals surface area (Å²) >= 11 is 3.55. The normalized spacial score (nSPS) is 15.8. The lowest BCUT2D eigenvalue weighted by atomic mass is 10.0. The van der Waals surface area contributed by atoms with E-state index in [9.17, 15) is 0 Å². The van der Waals surface area contributed by atoms with Gasteiger partial charge < -0.3 is 0 Å². The summed E-state index contributed by atoms with van der Waals surface area (Å²) in [5.74, 6) is 0. The van der Waals surface area contributed by atoms with Crippen LogP contribution in [-0.4, -0.2) is 22.8 Å². The summed E-state index contributed by atoms with van der Waals surface area (Å²) in [6.45, 7) is 6.73. The van der Waals surface area contributed by atoms with Gasteiger partial charge in [0, 0.05) is 24.5 Å². The molecule has 2 heteroatoms. The van der Waals surface area contributed by atoms with E-state index >= 15 is 0 Å². The lowest BCUT2D eigenvalue weighted by Gasteiger charge is -2.23.